The average molecular weight is 620 g/mol. The Bertz CT molecular complexity index is 1790. The first-order valence-electron chi connectivity index (χ1n) is 15.5. The summed E-state index contributed by atoms with van der Waals surface area (Å²) < 4.78 is 14.7. The first-order valence-corrected chi connectivity index (χ1v) is 15.5. The largest absolute Gasteiger partial charge is 0.388 e. The molecule has 2 aromatic carbocycles. The van der Waals surface area contributed by atoms with Gasteiger partial charge in [-0.2, -0.15) is 0 Å². The lowest BCUT2D eigenvalue weighted by molar-refractivity contribution is 0.425. The van der Waals surface area contributed by atoms with Crippen molar-refractivity contribution in [3.63, 3.8) is 0 Å². The van der Waals surface area contributed by atoms with E-state index in [4.69, 9.17) is 4.98 Å². The first-order chi connectivity index (χ1) is 22.0. The van der Waals surface area contributed by atoms with Gasteiger partial charge in [0.25, 0.3) is 0 Å². The van der Waals surface area contributed by atoms with Crippen molar-refractivity contribution in [1.29, 1.82) is 0 Å². The number of anilines is 2. The molecule has 240 valence electrons. The third-order valence-corrected chi connectivity index (χ3v) is 7.54. The Balaban J connectivity index is 1.69. The summed E-state index contributed by atoms with van der Waals surface area (Å²) in [6, 6.07) is 11.2. The molecule has 0 unspecified atom stereocenters. The number of hydrogen-bond donors (Lipinski definition) is 4. The summed E-state index contributed by atoms with van der Waals surface area (Å²) in [5.41, 5.74) is 9.95. The highest BCUT2D eigenvalue weighted by Crippen LogP contribution is 2.34. The monoisotopic (exact) mass is 619 g/mol. The van der Waals surface area contributed by atoms with Crippen molar-refractivity contribution in [3.05, 3.63) is 121 Å². The Morgan fingerprint density at radius 2 is 1.89 bits per heavy atom. The molecule has 0 amide bonds. The fourth-order valence-corrected chi connectivity index (χ4v) is 5.27. The summed E-state index contributed by atoms with van der Waals surface area (Å²) in [6.07, 6.45) is 10.3. The van der Waals surface area contributed by atoms with Crippen LogP contribution in [0.15, 0.2) is 98.2 Å². The number of allylic oxidation sites excluding steroid dienone is 5. The Hall–Kier alpha value is -4.95. The summed E-state index contributed by atoms with van der Waals surface area (Å²) in [6.45, 7) is 20.5. The van der Waals surface area contributed by atoms with Gasteiger partial charge in [0, 0.05) is 65.8 Å². The van der Waals surface area contributed by atoms with Crippen LogP contribution in [-0.2, 0) is 0 Å². The van der Waals surface area contributed by atoms with Gasteiger partial charge in [-0.15, -0.1) is 0 Å². The van der Waals surface area contributed by atoms with E-state index in [1.165, 1.54) is 12.1 Å². The van der Waals surface area contributed by atoms with Crippen molar-refractivity contribution in [1.82, 2.24) is 25.2 Å². The molecule has 0 saturated carbocycles. The second-order valence-electron chi connectivity index (χ2n) is 12.0. The van der Waals surface area contributed by atoms with Gasteiger partial charge in [0.2, 0.25) is 0 Å². The molecule has 8 heteroatoms. The van der Waals surface area contributed by atoms with Crippen LogP contribution in [0.25, 0.3) is 33.3 Å². The number of hydrogen-bond acceptors (Lipinski definition) is 6. The number of nitrogens with one attached hydrogen (secondary N) is 4. The van der Waals surface area contributed by atoms with Gasteiger partial charge in [0.15, 0.2) is 0 Å². The summed E-state index contributed by atoms with van der Waals surface area (Å²) in [5.74, 6) is 0.779. The zero-order valence-electron chi connectivity index (χ0n) is 27.9. The number of benzene rings is 2. The fraction of sp³-hybridized carbons (Fsp3) is 0.263. The van der Waals surface area contributed by atoms with E-state index in [0.717, 1.165) is 57.8 Å². The number of halogens is 1. The van der Waals surface area contributed by atoms with Crippen LogP contribution in [-0.4, -0.2) is 54.1 Å². The van der Waals surface area contributed by atoms with E-state index in [-0.39, 0.29) is 5.82 Å². The molecule has 7 nitrogen and oxygen atoms in total. The lowest BCUT2D eigenvalue weighted by Gasteiger charge is -2.15. The molecule has 0 aliphatic heterocycles. The molecule has 4 rings (SSSR count). The van der Waals surface area contributed by atoms with Gasteiger partial charge in [0.05, 0.1) is 17.2 Å². The molecule has 0 saturated heterocycles. The first kappa shape index (κ1) is 33.9. The predicted molar refractivity (Wildman–Crippen MR) is 194 cm³/mol. The van der Waals surface area contributed by atoms with Gasteiger partial charge >= 0.3 is 0 Å². The third kappa shape index (κ3) is 8.40. The van der Waals surface area contributed by atoms with Gasteiger partial charge in [-0.1, -0.05) is 45.7 Å². The van der Waals surface area contributed by atoms with Crippen LogP contribution in [0.5, 0.6) is 0 Å². The van der Waals surface area contributed by atoms with E-state index in [1.807, 2.05) is 40.2 Å². The van der Waals surface area contributed by atoms with Gasteiger partial charge in [-0.25, -0.2) is 9.37 Å². The minimum Gasteiger partial charge on any atom is -0.388 e. The van der Waals surface area contributed by atoms with E-state index in [2.05, 4.69) is 88.7 Å². The lowest BCUT2D eigenvalue weighted by atomic mass is 9.96. The smallest absolute Gasteiger partial charge is 0.138 e. The van der Waals surface area contributed by atoms with E-state index >= 15 is 0 Å². The molecule has 0 aliphatic carbocycles. The Kier molecular flexibility index (Phi) is 11.3. The average Bonchev–Trinajstić information content (AvgIpc) is 3.46. The predicted octanol–water partition coefficient (Wildman–Crippen LogP) is 8.46. The lowest BCUT2D eigenvalue weighted by Crippen LogP contribution is -2.20. The molecule has 46 heavy (non-hydrogen) atoms. The van der Waals surface area contributed by atoms with Crippen molar-refractivity contribution in [2.75, 3.05) is 44.9 Å². The Morgan fingerprint density at radius 1 is 1.11 bits per heavy atom. The molecule has 0 bridgehead atoms. The van der Waals surface area contributed by atoms with Crippen molar-refractivity contribution in [2.24, 2.45) is 5.92 Å². The molecule has 0 spiro atoms. The maximum atomic E-state index is 14.7. The van der Waals surface area contributed by atoms with E-state index in [1.54, 1.807) is 18.5 Å². The zero-order chi connectivity index (χ0) is 33.4. The second kappa shape index (κ2) is 15.4. The summed E-state index contributed by atoms with van der Waals surface area (Å²) in [7, 11) is 5.89. The molecule has 0 aliphatic rings. The highest BCUT2D eigenvalue weighted by Gasteiger charge is 2.17. The van der Waals surface area contributed by atoms with Crippen LogP contribution in [0.2, 0.25) is 0 Å². The summed E-state index contributed by atoms with van der Waals surface area (Å²) >= 11 is 0. The van der Waals surface area contributed by atoms with Crippen LogP contribution >= 0.6 is 0 Å². The molecule has 2 aromatic heterocycles. The number of aromatic nitrogens is 3. The van der Waals surface area contributed by atoms with E-state index in [9.17, 15) is 4.39 Å². The van der Waals surface area contributed by atoms with Crippen molar-refractivity contribution in [3.8, 4) is 11.1 Å². The van der Waals surface area contributed by atoms with Crippen molar-refractivity contribution < 1.29 is 4.39 Å². The molecule has 0 fully saturated rings. The number of likely N-dealkylation sites (N-methyl/N-ethyl adjacent to an activating group) is 1. The topological polar surface area (TPSA) is 80.9 Å². The number of fused-ring (bicyclic) bond motifs is 1. The van der Waals surface area contributed by atoms with Crippen LogP contribution in [0.1, 0.15) is 44.1 Å². The molecule has 2 heterocycles. The van der Waals surface area contributed by atoms with Crippen LogP contribution in [0, 0.1) is 11.7 Å². The molecule has 0 atom stereocenters. The van der Waals surface area contributed by atoms with Crippen molar-refractivity contribution >= 4 is 33.6 Å². The number of aromatic amines is 1. The van der Waals surface area contributed by atoms with Gasteiger partial charge in [-0.3, -0.25) is 4.98 Å². The summed E-state index contributed by atoms with van der Waals surface area (Å²) in [4.78, 5) is 14.9. The number of rotatable bonds is 15. The molecular formula is C38H46FN7. The normalized spacial score (nSPS) is 12.1. The van der Waals surface area contributed by atoms with Crippen LogP contribution < -0.4 is 16.0 Å². The fourth-order valence-electron chi connectivity index (χ4n) is 5.27. The standard InChI is InChI=1S/C38H46FN7/c1-10-27(18-31(11-2)43-25(5)16-24(3)4)28-12-13-35(40-7)33(20-28)26(6)38-44-36-23-41-22-34(37(36)45-38)29-17-30(39)21-32(19-29)42-14-15-46(8)9/h10-13,17-24,40,42-43H,2,5-6,14-16H2,1,3-4,7-9H3,(H,44,45)/b27-10+,31-18+. The quantitative estimate of drug-likeness (QED) is 0.100. The van der Waals surface area contributed by atoms with Crippen LogP contribution in [0.3, 0.4) is 0 Å². The van der Waals surface area contributed by atoms with E-state index in [0.29, 0.717) is 40.6 Å². The Morgan fingerprint density at radius 3 is 2.57 bits per heavy atom. The number of nitrogens with zero attached hydrogens (tertiary/aromatic N) is 3. The number of imidazole rings is 1. The maximum Gasteiger partial charge on any atom is 0.138 e. The maximum absolute atomic E-state index is 14.7. The second-order valence-corrected chi connectivity index (χ2v) is 12.0. The van der Waals surface area contributed by atoms with Gasteiger partial charge in [-0.05, 0) is 92.5 Å². The highest BCUT2D eigenvalue weighted by molar-refractivity contribution is 5.95. The third-order valence-electron chi connectivity index (χ3n) is 7.54. The molecule has 0 radical (unpaired) electrons. The number of pyridine rings is 1. The molecular weight excluding hydrogens is 573 g/mol. The highest BCUT2D eigenvalue weighted by atomic mass is 19.1. The zero-order valence-corrected chi connectivity index (χ0v) is 27.9. The minimum absolute atomic E-state index is 0.328. The molecule has 4 N–H and O–H groups in total. The molecule has 4 aromatic rings. The van der Waals surface area contributed by atoms with E-state index < -0.39 is 0 Å². The van der Waals surface area contributed by atoms with Gasteiger partial charge in [0.1, 0.15) is 11.6 Å². The number of H-pyrrole nitrogens is 1. The van der Waals surface area contributed by atoms with Crippen molar-refractivity contribution in [2.45, 2.75) is 27.2 Å². The van der Waals surface area contributed by atoms with Gasteiger partial charge < -0.3 is 25.8 Å². The SMILES string of the molecule is C=C/C(=C\C(=C/C)c1ccc(NC)c(C(=C)c2nc3c(-c4cc(F)cc(NCCN(C)C)c4)cncc3[nH]2)c1)NC(=C)CC(C)C. The minimum atomic E-state index is -0.328. The van der Waals surface area contributed by atoms with Crippen LogP contribution in [0.4, 0.5) is 15.8 Å². The summed E-state index contributed by atoms with van der Waals surface area (Å²) in [5, 5.41) is 10.0. The Labute approximate surface area is 272 Å².